The zero-order valence-electron chi connectivity index (χ0n) is 20.9. The predicted molar refractivity (Wildman–Crippen MR) is 135 cm³/mol. The molecule has 0 radical (unpaired) electrons. The van der Waals surface area contributed by atoms with E-state index < -0.39 is 17.7 Å². The highest BCUT2D eigenvalue weighted by atomic mass is 16.5. The van der Waals surface area contributed by atoms with E-state index in [0.717, 1.165) is 18.7 Å². The van der Waals surface area contributed by atoms with Gasteiger partial charge in [0.2, 0.25) is 0 Å². The van der Waals surface area contributed by atoms with Gasteiger partial charge in [0.1, 0.15) is 11.5 Å². The highest BCUT2D eigenvalue weighted by molar-refractivity contribution is 6.46. The van der Waals surface area contributed by atoms with Gasteiger partial charge in [0.25, 0.3) is 11.7 Å². The number of amides is 1. The van der Waals surface area contributed by atoms with Crippen molar-refractivity contribution in [2.24, 2.45) is 0 Å². The zero-order valence-corrected chi connectivity index (χ0v) is 20.9. The van der Waals surface area contributed by atoms with Crippen molar-refractivity contribution < 1.29 is 19.4 Å². The maximum absolute atomic E-state index is 13.2. The first-order chi connectivity index (χ1) is 16.3. The molecule has 1 aliphatic rings. The number of rotatable bonds is 10. The lowest BCUT2D eigenvalue weighted by Crippen LogP contribution is -2.38. The molecule has 0 bridgehead atoms. The first-order valence-electron chi connectivity index (χ1n) is 12.2. The summed E-state index contributed by atoms with van der Waals surface area (Å²) in [6.07, 6.45) is 0. The Morgan fingerprint density at radius 3 is 2.15 bits per heavy atom. The van der Waals surface area contributed by atoms with Crippen LogP contribution in [-0.4, -0.2) is 59.4 Å². The second-order valence-electron chi connectivity index (χ2n) is 8.80. The van der Waals surface area contributed by atoms with E-state index in [9.17, 15) is 14.7 Å². The molecule has 0 saturated carbocycles. The van der Waals surface area contributed by atoms with Crippen LogP contribution in [0.1, 0.15) is 63.3 Å². The molecule has 1 atom stereocenters. The minimum atomic E-state index is -0.649. The molecule has 0 aromatic heterocycles. The number of ether oxygens (including phenoxy) is 1. The van der Waals surface area contributed by atoms with Crippen LogP contribution in [0.25, 0.3) is 5.76 Å². The Morgan fingerprint density at radius 2 is 1.62 bits per heavy atom. The summed E-state index contributed by atoms with van der Waals surface area (Å²) >= 11 is 0. The summed E-state index contributed by atoms with van der Waals surface area (Å²) in [5.41, 5.74) is 2.60. The summed E-state index contributed by atoms with van der Waals surface area (Å²) in [5, 5.41) is 11.2. The van der Waals surface area contributed by atoms with Gasteiger partial charge >= 0.3 is 0 Å². The van der Waals surface area contributed by atoms with Gasteiger partial charge in [-0.25, -0.2) is 0 Å². The SMILES string of the molecule is CCOc1ccc(/C(O)=C2\C(=O)C(=O)N(CCN(CC)CC)[C@@H]2c2ccc(C(C)C)cc2)cc1. The second kappa shape index (κ2) is 11.3. The van der Waals surface area contributed by atoms with Crippen molar-refractivity contribution in [3.8, 4) is 5.75 Å². The second-order valence-corrected chi connectivity index (χ2v) is 8.80. The standard InChI is InChI=1S/C28H36N2O4/c1-6-29(7-2)17-18-30-25(21-11-9-20(10-12-21)19(4)5)24(27(32)28(30)33)26(31)22-13-15-23(16-14-22)34-8-3/h9-16,19,25,31H,6-8,17-18H2,1-5H3/b26-24+/t25-/m1/s1. The Labute approximate surface area is 202 Å². The molecule has 3 rings (SSSR count). The number of nitrogens with zero attached hydrogens (tertiary/aromatic N) is 2. The van der Waals surface area contributed by atoms with Gasteiger partial charge in [-0.15, -0.1) is 0 Å². The molecule has 1 heterocycles. The molecule has 1 saturated heterocycles. The Morgan fingerprint density at radius 1 is 1.00 bits per heavy atom. The third-order valence-corrected chi connectivity index (χ3v) is 6.45. The average molecular weight is 465 g/mol. The van der Waals surface area contributed by atoms with Crippen molar-refractivity contribution in [2.75, 3.05) is 32.8 Å². The summed E-state index contributed by atoms with van der Waals surface area (Å²) in [4.78, 5) is 30.1. The number of hydrogen-bond acceptors (Lipinski definition) is 5. The minimum absolute atomic E-state index is 0.131. The fraction of sp³-hybridized carbons (Fsp3) is 0.429. The molecule has 34 heavy (non-hydrogen) atoms. The van der Waals surface area contributed by atoms with E-state index in [-0.39, 0.29) is 11.3 Å². The Bertz CT molecular complexity index is 1020. The van der Waals surface area contributed by atoms with Gasteiger partial charge < -0.3 is 19.6 Å². The Kier molecular flexibility index (Phi) is 8.51. The molecule has 2 aromatic rings. The fourth-order valence-corrected chi connectivity index (χ4v) is 4.34. The van der Waals surface area contributed by atoms with E-state index in [1.165, 1.54) is 5.56 Å². The largest absolute Gasteiger partial charge is 0.507 e. The topological polar surface area (TPSA) is 70.1 Å². The molecular formula is C28H36N2O4. The quantitative estimate of drug-likeness (QED) is 0.305. The van der Waals surface area contributed by atoms with E-state index in [1.807, 2.05) is 31.2 Å². The summed E-state index contributed by atoms with van der Waals surface area (Å²) in [7, 11) is 0. The average Bonchev–Trinajstić information content (AvgIpc) is 3.10. The molecule has 1 aliphatic heterocycles. The van der Waals surface area contributed by atoms with Crippen molar-refractivity contribution in [3.63, 3.8) is 0 Å². The van der Waals surface area contributed by atoms with Crippen LogP contribution in [0.5, 0.6) is 5.75 Å². The number of ketones is 1. The van der Waals surface area contributed by atoms with Gasteiger partial charge in [-0.05, 0) is 61.3 Å². The van der Waals surface area contributed by atoms with Crippen LogP contribution >= 0.6 is 0 Å². The zero-order chi connectivity index (χ0) is 24.8. The first kappa shape index (κ1) is 25.5. The van der Waals surface area contributed by atoms with Gasteiger partial charge in [0.15, 0.2) is 0 Å². The third-order valence-electron chi connectivity index (χ3n) is 6.45. The summed E-state index contributed by atoms with van der Waals surface area (Å²) < 4.78 is 5.49. The molecule has 1 fully saturated rings. The number of hydrogen-bond donors (Lipinski definition) is 1. The van der Waals surface area contributed by atoms with Crippen molar-refractivity contribution in [2.45, 2.75) is 46.6 Å². The summed E-state index contributed by atoms with van der Waals surface area (Å²) in [5.74, 6) is -0.336. The van der Waals surface area contributed by atoms with Crippen molar-refractivity contribution in [3.05, 3.63) is 70.8 Å². The van der Waals surface area contributed by atoms with E-state index in [1.54, 1.807) is 29.2 Å². The van der Waals surface area contributed by atoms with Gasteiger partial charge in [-0.2, -0.15) is 0 Å². The molecule has 1 N–H and O–H groups in total. The third kappa shape index (κ3) is 5.33. The smallest absolute Gasteiger partial charge is 0.295 e. The van der Waals surface area contributed by atoms with Gasteiger partial charge in [0, 0.05) is 18.7 Å². The number of carbonyl (C=O) groups excluding carboxylic acids is 2. The molecule has 182 valence electrons. The lowest BCUT2D eigenvalue weighted by atomic mass is 9.93. The van der Waals surface area contributed by atoms with Crippen LogP contribution in [-0.2, 0) is 9.59 Å². The van der Waals surface area contributed by atoms with Gasteiger partial charge in [-0.1, -0.05) is 52.0 Å². The van der Waals surface area contributed by atoms with Crippen LogP contribution < -0.4 is 4.74 Å². The van der Waals surface area contributed by atoms with Crippen LogP contribution in [0.4, 0.5) is 0 Å². The highest BCUT2D eigenvalue weighted by Crippen LogP contribution is 2.39. The number of aliphatic hydroxyl groups is 1. The molecule has 0 unspecified atom stereocenters. The molecular weight excluding hydrogens is 428 g/mol. The number of Topliss-reactive ketones (excluding diaryl/α,β-unsaturated/α-hetero) is 1. The van der Waals surface area contributed by atoms with Crippen LogP contribution in [0, 0.1) is 0 Å². The van der Waals surface area contributed by atoms with E-state index >= 15 is 0 Å². The van der Waals surface area contributed by atoms with E-state index in [2.05, 4.69) is 32.6 Å². The van der Waals surface area contributed by atoms with Gasteiger partial charge in [-0.3, -0.25) is 9.59 Å². The molecule has 0 spiro atoms. The van der Waals surface area contributed by atoms with Crippen LogP contribution in [0.2, 0.25) is 0 Å². The van der Waals surface area contributed by atoms with Crippen LogP contribution in [0.3, 0.4) is 0 Å². The Hall–Kier alpha value is -3.12. The lowest BCUT2D eigenvalue weighted by molar-refractivity contribution is -0.140. The van der Waals surface area contributed by atoms with Crippen molar-refractivity contribution >= 4 is 17.4 Å². The van der Waals surface area contributed by atoms with Gasteiger partial charge in [0.05, 0.1) is 18.2 Å². The first-order valence-corrected chi connectivity index (χ1v) is 12.2. The lowest BCUT2D eigenvalue weighted by Gasteiger charge is -2.28. The van der Waals surface area contributed by atoms with Crippen LogP contribution in [0.15, 0.2) is 54.1 Å². The normalized spacial score (nSPS) is 17.7. The predicted octanol–water partition coefficient (Wildman–Crippen LogP) is 4.97. The summed E-state index contributed by atoms with van der Waals surface area (Å²) in [6.45, 7) is 13.6. The maximum Gasteiger partial charge on any atom is 0.295 e. The summed E-state index contributed by atoms with van der Waals surface area (Å²) in [6, 6.07) is 14.3. The number of likely N-dealkylation sites (N-methyl/N-ethyl adjacent to an activating group) is 1. The number of carbonyl (C=O) groups is 2. The molecule has 6 nitrogen and oxygen atoms in total. The monoisotopic (exact) mass is 464 g/mol. The van der Waals surface area contributed by atoms with E-state index in [4.69, 9.17) is 4.74 Å². The minimum Gasteiger partial charge on any atom is -0.507 e. The molecule has 0 aliphatic carbocycles. The van der Waals surface area contributed by atoms with Crippen molar-refractivity contribution in [1.82, 2.24) is 9.80 Å². The number of likely N-dealkylation sites (tertiary alicyclic amines) is 1. The number of aliphatic hydroxyl groups excluding tert-OH is 1. The Balaban J connectivity index is 2.06. The maximum atomic E-state index is 13.2. The number of benzene rings is 2. The fourth-order valence-electron chi connectivity index (χ4n) is 4.34. The highest BCUT2D eigenvalue weighted by Gasteiger charge is 2.45. The van der Waals surface area contributed by atoms with E-state index in [0.29, 0.717) is 36.9 Å². The molecule has 6 heteroatoms. The molecule has 2 aromatic carbocycles. The van der Waals surface area contributed by atoms with Crippen molar-refractivity contribution in [1.29, 1.82) is 0 Å². The molecule has 1 amide bonds.